The minimum atomic E-state index is 0.467. The average molecular weight is 249 g/mol. The number of aryl methyl sites for hydroxylation is 1. The first-order chi connectivity index (χ1) is 8.15. The van der Waals surface area contributed by atoms with Gasteiger partial charge in [-0.1, -0.05) is 17.7 Å². The standard InChI is InChI=1S/C13H13ClN2O/c1-9-6-11(15)3-4-12(9)17-8-10-2-5-13(14)16-7-10/h2-7H,8,15H2,1H3. The summed E-state index contributed by atoms with van der Waals surface area (Å²) in [6.07, 6.45) is 1.70. The molecule has 2 rings (SSSR count). The van der Waals surface area contributed by atoms with Gasteiger partial charge in [0.05, 0.1) is 0 Å². The van der Waals surface area contributed by atoms with Gasteiger partial charge in [-0.3, -0.25) is 0 Å². The third-order valence-corrected chi connectivity index (χ3v) is 2.61. The van der Waals surface area contributed by atoms with Crippen LogP contribution in [0.4, 0.5) is 5.69 Å². The zero-order valence-corrected chi connectivity index (χ0v) is 10.2. The second-order valence-electron chi connectivity index (χ2n) is 3.80. The van der Waals surface area contributed by atoms with Gasteiger partial charge in [0.25, 0.3) is 0 Å². The van der Waals surface area contributed by atoms with E-state index >= 15 is 0 Å². The molecular weight excluding hydrogens is 236 g/mol. The predicted octanol–water partition coefficient (Wildman–Crippen LogP) is 3.20. The van der Waals surface area contributed by atoms with Crippen molar-refractivity contribution in [2.24, 2.45) is 0 Å². The minimum Gasteiger partial charge on any atom is -0.489 e. The quantitative estimate of drug-likeness (QED) is 0.670. The molecule has 0 amide bonds. The topological polar surface area (TPSA) is 48.1 Å². The summed E-state index contributed by atoms with van der Waals surface area (Å²) in [6.45, 7) is 2.43. The highest BCUT2D eigenvalue weighted by molar-refractivity contribution is 6.29. The Morgan fingerprint density at radius 1 is 1.29 bits per heavy atom. The van der Waals surface area contributed by atoms with E-state index in [-0.39, 0.29) is 0 Å². The molecule has 1 heterocycles. The molecule has 2 N–H and O–H groups in total. The lowest BCUT2D eigenvalue weighted by Crippen LogP contribution is -1.98. The molecule has 0 unspecified atom stereocenters. The molecule has 1 aromatic carbocycles. The number of nitrogen functional groups attached to an aromatic ring is 1. The molecule has 4 heteroatoms. The van der Waals surface area contributed by atoms with Gasteiger partial charge in [-0.25, -0.2) is 4.98 Å². The van der Waals surface area contributed by atoms with E-state index in [0.717, 1.165) is 22.6 Å². The van der Waals surface area contributed by atoms with E-state index in [9.17, 15) is 0 Å². The van der Waals surface area contributed by atoms with Crippen LogP contribution in [0, 0.1) is 6.92 Å². The van der Waals surface area contributed by atoms with Gasteiger partial charge in [-0.15, -0.1) is 0 Å². The molecule has 0 aliphatic carbocycles. The van der Waals surface area contributed by atoms with Crippen molar-refractivity contribution >= 4 is 17.3 Å². The molecule has 3 nitrogen and oxygen atoms in total. The lowest BCUT2D eigenvalue weighted by Gasteiger charge is -2.09. The fourth-order valence-electron chi connectivity index (χ4n) is 1.49. The number of nitrogens with two attached hydrogens (primary N) is 1. The summed E-state index contributed by atoms with van der Waals surface area (Å²) in [5, 5.41) is 0.484. The van der Waals surface area contributed by atoms with E-state index in [1.54, 1.807) is 12.3 Å². The maximum atomic E-state index is 5.71. The van der Waals surface area contributed by atoms with Gasteiger partial charge in [-0.2, -0.15) is 0 Å². The zero-order valence-electron chi connectivity index (χ0n) is 9.48. The average Bonchev–Trinajstić information content (AvgIpc) is 2.30. The van der Waals surface area contributed by atoms with E-state index < -0.39 is 0 Å². The number of nitrogens with zero attached hydrogens (tertiary/aromatic N) is 1. The van der Waals surface area contributed by atoms with E-state index in [1.165, 1.54) is 0 Å². The number of hydrogen-bond acceptors (Lipinski definition) is 3. The fourth-order valence-corrected chi connectivity index (χ4v) is 1.60. The minimum absolute atomic E-state index is 0.467. The van der Waals surface area contributed by atoms with Crippen LogP contribution in [0.2, 0.25) is 5.15 Å². The fraction of sp³-hybridized carbons (Fsp3) is 0.154. The number of ether oxygens (including phenoxy) is 1. The second kappa shape index (κ2) is 5.06. The molecule has 17 heavy (non-hydrogen) atoms. The summed E-state index contributed by atoms with van der Waals surface area (Å²) in [7, 11) is 0. The Morgan fingerprint density at radius 2 is 2.12 bits per heavy atom. The lowest BCUT2D eigenvalue weighted by molar-refractivity contribution is 0.303. The highest BCUT2D eigenvalue weighted by Gasteiger charge is 2.01. The van der Waals surface area contributed by atoms with Crippen molar-refractivity contribution in [2.45, 2.75) is 13.5 Å². The van der Waals surface area contributed by atoms with Crippen LogP contribution >= 0.6 is 11.6 Å². The molecule has 0 aliphatic heterocycles. The van der Waals surface area contributed by atoms with Crippen molar-refractivity contribution in [3.8, 4) is 5.75 Å². The number of halogens is 1. The van der Waals surface area contributed by atoms with Crippen LogP contribution in [-0.4, -0.2) is 4.98 Å². The van der Waals surface area contributed by atoms with Crippen molar-refractivity contribution in [3.63, 3.8) is 0 Å². The smallest absolute Gasteiger partial charge is 0.129 e. The van der Waals surface area contributed by atoms with Gasteiger partial charge in [0.2, 0.25) is 0 Å². The molecule has 88 valence electrons. The molecule has 0 spiro atoms. The van der Waals surface area contributed by atoms with E-state index in [1.807, 2.05) is 31.2 Å². The first kappa shape index (κ1) is 11.7. The summed E-state index contributed by atoms with van der Waals surface area (Å²) in [6, 6.07) is 9.21. The predicted molar refractivity (Wildman–Crippen MR) is 69.2 cm³/mol. The van der Waals surface area contributed by atoms with Gasteiger partial charge in [0, 0.05) is 17.4 Å². The summed E-state index contributed by atoms with van der Waals surface area (Å²) < 4.78 is 5.68. The Balaban J connectivity index is 2.04. The van der Waals surface area contributed by atoms with E-state index in [2.05, 4.69) is 4.98 Å². The van der Waals surface area contributed by atoms with Crippen LogP contribution < -0.4 is 10.5 Å². The number of rotatable bonds is 3. The Kier molecular flexibility index (Phi) is 3.49. The highest BCUT2D eigenvalue weighted by atomic mass is 35.5. The maximum absolute atomic E-state index is 5.71. The number of pyridine rings is 1. The third kappa shape index (κ3) is 3.11. The lowest BCUT2D eigenvalue weighted by atomic mass is 10.2. The Morgan fingerprint density at radius 3 is 2.76 bits per heavy atom. The summed E-state index contributed by atoms with van der Waals surface area (Å²) in [5.41, 5.74) is 8.41. The van der Waals surface area contributed by atoms with Crippen molar-refractivity contribution in [1.29, 1.82) is 0 Å². The molecular formula is C13H13ClN2O. The van der Waals surface area contributed by atoms with Crippen molar-refractivity contribution in [1.82, 2.24) is 4.98 Å². The van der Waals surface area contributed by atoms with Gasteiger partial charge in [0.1, 0.15) is 17.5 Å². The number of benzene rings is 1. The number of anilines is 1. The Hall–Kier alpha value is -1.74. The van der Waals surface area contributed by atoms with Crippen LogP contribution in [0.5, 0.6) is 5.75 Å². The molecule has 0 bridgehead atoms. The number of aromatic nitrogens is 1. The molecule has 0 saturated carbocycles. The van der Waals surface area contributed by atoms with Crippen LogP contribution in [0.15, 0.2) is 36.5 Å². The van der Waals surface area contributed by atoms with Crippen molar-refractivity contribution < 1.29 is 4.74 Å². The molecule has 2 aromatic rings. The zero-order chi connectivity index (χ0) is 12.3. The van der Waals surface area contributed by atoms with E-state index in [0.29, 0.717) is 11.8 Å². The Bertz CT molecular complexity index is 511. The number of hydrogen-bond donors (Lipinski definition) is 1. The summed E-state index contributed by atoms with van der Waals surface area (Å²) >= 11 is 5.71. The molecule has 1 aromatic heterocycles. The summed E-state index contributed by atoms with van der Waals surface area (Å²) in [4.78, 5) is 3.99. The van der Waals surface area contributed by atoms with Crippen LogP contribution in [0.3, 0.4) is 0 Å². The van der Waals surface area contributed by atoms with Crippen LogP contribution in [-0.2, 0) is 6.61 Å². The monoisotopic (exact) mass is 248 g/mol. The van der Waals surface area contributed by atoms with Crippen LogP contribution in [0.25, 0.3) is 0 Å². The molecule has 0 atom stereocenters. The third-order valence-electron chi connectivity index (χ3n) is 2.38. The van der Waals surface area contributed by atoms with Gasteiger partial charge in [0.15, 0.2) is 0 Å². The summed E-state index contributed by atoms with van der Waals surface area (Å²) in [5.74, 6) is 0.828. The SMILES string of the molecule is Cc1cc(N)ccc1OCc1ccc(Cl)nc1. The Labute approximate surface area is 105 Å². The first-order valence-corrected chi connectivity index (χ1v) is 5.62. The second-order valence-corrected chi connectivity index (χ2v) is 4.19. The van der Waals surface area contributed by atoms with E-state index in [4.69, 9.17) is 22.1 Å². The molecule has 0 aliphatic rings. The van der Waals surface area contributed by atoms with Gasteiger partial charge in [-0.05, 0) is 36.8 Å². The molecule has 0 fully saturated rings. The van der Waals surface area contributed by atoms with Crippen LogP contribution in [0.1, 0.15) is 11.1 Å². The largest absolute Gasteiger partial charge is 0.489 e. The molecule has 0 radical (unpaired) electrons. The van der Waals surface area contributed by atoms with Gasteiger partial charge >= 0.3 is 0 Å². The molecule has 0 saturated heterocycles. The van der Waals surface area contributed by atoms with Gasteiger partial charge < -0.3 is 10.5 Å². The highest BCUT2D eigenvalue weighted by Crippen LogP contribution is 2.21. The normalized spacial score (nSPS) is 10.2. The van der Waals surface area contributed by atoms with Crippen molar-refractivity contribution in [2.75, 3.05) is 5.73 Å². The van der Waals surface area contributed by atoms with Crippen molar-refractivity contribution in [3.05, 3.63) is 52.8 Å². The maximum Gasteiger partial charge on any atom is 0.129 e. The first-order valence-electron chi connectivity index (χ1n) is 5.24.